The first-order chi connectivity index (χ1) is 24.7. The van der Waals surface area contributed by atoms with Crippen molar-refractivity contribution in [1.82, 2.24) is 10.2 Å². The molecule has 51 heavy (non-hydrogen) atoms. The number of carboxylic acid groups (broad SMARTS) is 1. The number of carbonyl (C=O) groups excluding carboxylic acids is 3. The molecule has 4 atom stereocenters. The normalized spacial score (nSPS) is 21.1. The van der Waals surface area contributed by atoms with Crippen LogP contribution in [0.15, 0.2) is 115 Å². The predicted octanol–water partition coefficient (Wildman–Crippen LogP) is 5.73. The Kier molecular flexibility index (Phi) is 9.01. The molecular weight excluding hydrogens is 648 g/mol. The standard InChI is InChI=1S/C41H36N2O8/c1-49-32-14-8-13-31(36(32)51-24-26-9-4-3-5-10-26)35-33-34(38(45)43(37(33)44)23-25-15-19-29(20-16-25)39(46)50-2)41(42-35,40(47)48)22-27-17-18-28-11-6-7-12-30(28)21-27/h3-21,33-35,42H,22-24H2,1-2H3,(H,47,48). The van der Waals surface area contributed by atoms with Gasteiger partial charge in [0.05, 0.1) is 38.2 Å². The summed E-state index contributed by atoms with van der Waals surface area (Å²) in [6.45, 7) is 0.0940. The van der Waals surface area contributed by atoms with E-state index >= 15 is 0 Å². The highest BCUT2D eigenvalue weighted by Crippen LogP contribution is 2.53. The first-order valence-electron chi connectivity index (χ1n) is 16.6. The molecule has 2 saturated heterocycles. The Morgan fingerprint density at radius 2 is 1.49 bits per heavy atom. The molecule has 0 spiro atoms. The number of para-hydroxylation sites is 1. The van der Waals surface area contributed by atoms with Gasteiger partial charge in [-0.3, -0.25) is 24.6 Å². The van der Waals surface area contributed by atoms with Gasteiger partial charge in [-0.15, -0.1) is 0 Å². The fraction of sp³-hybridized carbons (Fsp3) is 0.220. The van der Waals surface area contributed by atoms with Gasteiger partial charge in [-0.1, -0.05) is 97.1 Å². The number of carboxylic acids is 1. The van der Waals surface area contributed by atoms with Crippen molar-refractivity contribution in [3.05, 3.63) is 143 Å². The third-order valence-corrected chi connectivity index (χ3v) is 9.93. The number of likely N-dealkylation sites (tertiary alicyclic amines) is 1. The minimum absolute atomic E-state index is 0.0598. The minimum atomic E-state index is -1.85. The second-order valence-corrected chi connectivity index (χ2v) is 12.9. The van der Waals surface area contributed by atoms with Crippen molar-refractivity contribution in [2.24, 2.45) is 11.8 Å². The molecule has 10 heteroatoms. The van der Waals surface area contributed by atoms with E-state index in [4.69, 9.17) is 14.2 Å². The number of fused-ring (bicyclic) bond motifs is 2. The Labute approximate surface area is 294 Å². The van der Waals surface area contributed by atoms with Crippen LogP contribution in [0.2, 0.25) is 0 Å². The van der Waals surface area contributed by atoms with E-state index in [1.807, 2.05) is 72.8 Å². The molecule has 2 aliphatic rings. The summed E-state index contributed by atoms with van der Waals surface area (Å²) in [5.74, 6) is -4.41. The summed E-state index contributed by atoms with van der Waals surface area (Å²) in [6, 6.07) is 33.8. The van der Waals surface area contributed by atoms with E-state index in [1.54, 1.807) is 42.5 Å². The Morgan fingerprint density at radius 3 is 2.20 bits per heavy atom. The third kappa shape index (κ3) is 6.08. The molecule has 2 heterocycles. The first-order valence-corrected chi connectivity index (χ1v) is 16.6. The average molecular weight is 685 g/mol. The van der Waals surface area contributed by atoms with E-state index in [0.717, 1.165) is 21.2 Å². The maximum Gasteiger partial charge on any atom is 0.337 e. The monoisotopic (exact) mass is 684 g/mol. The van der Waals surface area contributed by atoms with Crippen LogP contribution < -0.4 is 14.8 Å². The Morgan fingerprint density at radius 1 is 0.784 bits per heavy atom. The van der Waals surface area contributed by atoms with Crippen molar-refractivity contribution in [3.63, 3.8) is 0 Å². The molecule has 5 aromatic carbocycles. The Hall–Kier alpha value is -6.00. The molecule has 2 fully saturated rings. The largest absolute Gasteiger partial charge is 0.493 e. The molecule has 10 nitrogen and oxygen atoms in total. The highest BCUT2D eigenvalue weighted by atomic mass is 16.5. The number of nitrogens with zero attached hydrogens (tertiary/aromatic N) is 1. The second-order valence-electron chi connectivity index (χ2n) is 12.9. The van der Waals surface area contributed by atoms with Gasteiger partial charge in [0.15, 0.2) is 11.5 Å². The molecule has 2 N–H and O–H groups in total. The van der Waals surface area contributed by atoms with Crippen LogP contribution in [0.4, 0.5) is 0 Å². The fourth-order valence-electron chi connectivity index (χ4n) is 7.46. The van der Waals surface area contributed by atoms with Crippen molar-refractivity contribution in [1.29, 1.82) is 0 Å². The smallest absolute Gasteiger partial charge is 0.337 e. The van der Waals surface area contributed by atoms with Crippen LogP contribution in [0.5, 0.6) is 11.5 Å². The maximum absolute atomic E-state index is 14.5. The van der Waals surface area contributed by atoms with Crippen molar-refractivity contribution < 1.29 is 38.5 Å². The van der Waals surface area contributed by atoms with E-state index in [2.05, 4.69) is 5.32 Å². The molecule has 4 unspecified atom stereocenters. The zero-order valence-corrected chi connectivity index (χ0v) is 28.1. The zero-order valence-electron chi connectivity index (χ0n) is 28.1. The molecule has 2 aliphatic heterocycles. The van der Waals surface area contributed by atoms with E-state index in [0.29, 0.717) is 33.8 Å². The number of amides is 2. The van der Waals surface area contributed by atoms with Gasteiger partial charge >= 0.3 is 11.9 Å². The lowest BCUT2D eigenvalue weighted by Gasteiger charge is -2.32. The van der Waals surface area contributed by atoms with Gasteiger partial charge in [-0.25, -0.2) is 4.79 Å². The second kappa shape index (κ2) is 13.7. The summed E-state index contributed by atoms with van der Waals surface area (Å²) in [5.41, 5.74) is 1.17. The number of rotatable bonds is 11. The lowest BCUT2D eigenvalue weighted by atomic mass is 9.76. The highest BCUT2D eigenvalue weighted by Gasteiger charge is 2.68. The first kappa shape index (κ1) is 33.5. The van der Waals surface area contributed by atoms with Gasteiger partial charge in [-0.2, -0.15) is 0 Å². The van der Waals surface area contributed by atoms with Crippen LogP contribution in [0.3, 0.4) is 0 Å². The van der Waals surface area contributed by atoms with Crippen LogP contribution >= 0.6 is 0 Å². The molecule has 0 saturated carbocycles. The molecule has 258 valence electrons. The molecule has 5 aromatic rings. The summed E-state index contributed by atoms with van der Waals surface area (Å²) in [6.07, 6.45) is -0.0598. The summed E-state index contributed by atoms with van der Waals surface area (Å²) < 4.78 is 16.9. The number of imide groups is 1. The number of hydrogen-bond donors (Lipinski definition) is 2. The number of methoxy groups -OCH3 is 2. The lowest BCUT2D eigenvalue weighted by Crippen LogP contribution is -2.57. The zero-order chi connectivity index (χ0) is 35.7. The molecule has 7 rings (SSSR count). The molecular formula is C41H36N2O8. The Bertz CT molecular complexity index is 2130. The number of hydrogen-bond acceptors (Lipinski definition) is 8. The number of esters is 1. The van der Waals surface area contributed by atoms with Crippen LogP contribution in [-0.4, -0.2) is 53.5 Å². The van der Waals surface area contributed by atoms with E-state index in [-0.39, 0.29) is 19.6 Å². The van der Waals surface area contributed by atoms with Gasteiger partial charge in [0.25, 0.3) is 0 Å². The van der Waals surface area contributed by atoms with Gasteiger partial charge in [-0.05, 0) is 45.7 Å². The number of benzene rings is 5. The Balaban J connectivity index is 1.32. The minimum Gasteiger partial charge on any atom is -0.493 e. The quantitative estimate of drug-likeness (QED) is 0.132. The average Bonchev–Trinajstić information content (AvgIpc) is 3.63. The summed E-state index contributed by atoms with van der Waals surface area (Å²) in [4.78, 5) is 55.8. The molecule has 0 bridgehead atoms. The highest BCUT2D eigenvalue weighted by molar-refractivity contribution is 6.09. The third-order valence-electron chi connectivity index (χ3n) is 9.93. The van der Waals surface area contributed by atoms with Crippen LogP contribution in [0.1, 0.15) is 38.7 Å². The van der Waals surface area contributed by atoms with Crippen molar-refractivity contribution >= 4 is 34.5 Å². The molecule has 0 aliphatic carbocycles. The van der Waals surface area contributed by atoms with E-state index < -0.39 is 47.2 Å². The molecule has 0 aromatic heterocycles. The van der Waals surface area contributed by atoms with Crippen molar-refractivity contribution in [3.8, 4) is 11.5 Å². The summed E-state index contributed by atoms with van der Waals surface area (Å²) >= 11 is 0. The van der Waals surface area contributed by atoms with E-state index in [9.17, 15) is 24.3 Å². The predicted molar refractivity (Wildman–Crippen MR) is 188 cm³/mol. The van der Waals surface area contributed by atoms with E-state index in [1.165, 1.54) is 14.2 Å². The summed E-state index contributed by atoms with van der Waals surface area (Å²) in [5, 5.41) is 16.4. The number of carbonyl (C=O) groups is 4. The van der Waals surface area contributed by atoms with Crippen LogP contribution in [0.25, 0.3) is 10.8 Å². The summed E-state index contributed by atoms with van der Waals surface area (Å²) in [7, 11) is 2.80. The van der Waals surface area contributed by atoms with Crippen LogP contribution in [0, 0.1) is 11.8 Å². The topological polar surface area (TPSA) is 131 Å². The SMILES string of the molecule is COC(=O)c1ccc(CN2C(=O)C3C(c4cccc(OC)c4OCc4ccccc4)NC(Cc4ccc5ccccc5c4)(C(=O)O)C3C2=O)cc1. The lowest BCUT2D eigenvalue weighted by molar-refractivity contribution is -0.151. The number of ether oxygens (including phenoxy) is 3. The number of nitrogens with one attached hydrogen (secondary N) is 1. The van der Waals surface area contributed by atoms with Gasteiger partial charge in [0.2, 0.25) is 11.8 Å². The number of aliphatic carboxylic acids is 1. The van der Waals surface area contributed by atoms with Gasteiger partial charge < -0.3 is 19.3 Å². The van der Waals surface area contributed by atoms with Gasteiger partial charge in [0, 0.05) is 18.0 Å². The van der Waals surface area contributed by atoms with Crippen molar-refractivity contribution in [2.45, 2.75) is 31.2 Å². The van der Waals surface area contributed by atoms with Crippen molar-refractivity contribution in [2.75, 3.05) is 14.2 Å². The van der Waals surface area contributed by atoms with Gasteiger partial charge in [0.1, 0.15) is 12.1 Å². The van der Waals surface area contributed by atoms with Crippen LogP contribution in [-0.2, 0) is 38.7 Å². The maximum atomic E-state index is 14.5. The fourth-order valence-corrected chi connectivity index (χ4v) is 7.46. The molecule has 0 radical (unpaired) electrons. The molecule has 2 amide bonds.